The summed E-state index contributed by atoms with van der Waals surface area (Å²) >= 11 is 0. The van der Waals surface area contributed by atoms with Crippen molar-refractivity contribution in [3.05, 3.63) is 0 Å². The lowest BCUT2D eigenvalue weighted by atomic mass is 10.2. The summed E-state index contributed by atoms with van der Waals surface area (Å²) in [5.41, 5.74) is 2.11. The van der Waals surface area contributed by atoms with Gasteiger partial charge >= 0.3 is 0 Å². The second-order valence-corrected chi connectivity index (χ2v) is 1.78. The fraction of sp³-hybridized carbons (Fsp3) is 0.800. The molecular formula is C5H12N2O4. The third-order valence-electron chi connectivity index (χ3n) is 1.01. The SMILES string of the molecule is OCNN=C(CO)C(O)CO. The molecular weight excluding hydrogens is 152 g/mol. The normalized spacial score (nSPS) is 14.7. The van der Waals surface area contributed by atoms with E-state index >= 15 is 0 Å². The Balaban J connectivity index is 3.91. The largest absolute Gasteiger partial charge is 0.393 e. The molecule has 0 aromatic carbocycles. The smallest absolute Gasteiger partial charge is 0.128 e. The van der Waals surface area contributed by atoms with E-state index in [9.17, 15) is 0 Å². The number of rotatable bonds is 5. The van der Waals surface area contributed by atoms with Crippen LogP contribution in [0.15, 0.2) is 5.10 Å². The summed E-state index contributed by atoms with van der Waals surface area (Å²) in [6.45, 7) is -1.36. The van der Waals surface area contributed by atoms with Crippen molar-refractivity contribution < 1.29 is 20.4 Å². The summed E-state index contributed by atoms with van der Waals surface area (Å²) in [6, 6.07) is 0. The maximum Gasteiger partial charge on any atom is 0.128 e. The van der Waals surface area contributed by atoms with Gasteiger partial charge in [-0.15, -0.1) is 0 Å². The van der Waals surface area contributed by atoms with Gasteiger partial charge < -0.3 is 20.4 Å². The minimum absolute atomic E-state index is 0.0125. The maximum absolute atomic E-state index is 8.88. The van der Waals surface area contributed by atoms with E-state index in [1.807, 2.05) is 0 Å². The van der Waals surface area contributed by atoms with E-state index < -0.39 is 19.3 Å². The van der Waals surface area contributed by atoms with Crippen LogP contribution in [0.3, 0.4) is 0 Å². The zero-order valence-corrected chi connectivity index (χ0v) is 5.93. The Morgan fingerprint density at radius 2 is 2.00 bits per heavy atom. The van der Waals surface area contributed by atoms with Crippen molar-refractivity contribution in [1.29, 1.82) is 0 Å². The van der Waals surface area contributed by atoms with Gasteiger partial charge in [0.1, 0.15) is 12.8 Å². The lowest BCUT2D eigenvalue weighted by Gasteiger charge is -2.07. The molecule has 0 rings (SSSR count). The molecule has 5 N–H and O–H groups in total. The third-order valence-corrected chi connectivity index (χ3v) is 1.01. The summed E-state index contributed by atoms with van der Waals surface area (Å²) in [7, 11) is 0. The van der Waals surface area contributed by atoms with Crippen molar-refractivity contribution in [2.45, 2.75) is 6.10 Å². The zero-order valence-electron chi connectivity index (χ0n) is 5.93. The second kappa shape index (κ2) is 6.05. The van der Waals surface area contributed by atoms with E-state index in [0.29, 0.717) is 0 Å². The van der Waals surface area contributed by atoms with Crippen LogP contribution < -0.4 is 5.43 Å². The van der Waals surface area contributed by atoms with Gasteiger partial charge in [-0.1, -0.05) is 0 Å². The van der Waals surface area contributed by atoms with Gasteiger partial charge in [0.05, 0.1) is 18.9 Å². The summed E-state index contributed by atoms with van der Waals surface area (Å²) in [4.78, 5) is 0. The van der Waals surface area contributed by atoms with Gasteiger partial charge in [0.15, 0.2) is 0 Å². The second-order valence-electron chi connectivity index (χ2n) is 1.78. The predicted octanol–water partition coefficient (Wildman–Crippen LogP) is -2.77. The van der Waals surface area contributed by atoms with Crippen LogP contribution in [0.1, 0.15) is 0 Å². The van der Waals surface area contributed by atoms with E-state index in [4.69, 9.17) is 20.4 Å². The molecule has 0 amide bonds. The Morgan fingerprint density at radius 3 is 2.36 bits per heavy atom. The average Bonchev–Trinajstić information content (AvgIpc) is 2.05. The van der Waals surface area contributed by atoms with Gasteiger partial charge in [-0.2, -0.15) is 5.10 Å². The van der Waals surface area contributed by atoms with Crippen LogP contribution in [0.2, 0.25) is 0 Å². The molecule has 0 saturated carbocycles. The van der Waals surface area contributed by atoms with Crippen molar-refractivity contribution in [3.8, 4) is 0 Å². The fourth-order valence-electron chi connectivity index (χ4n) is 0.458. The van der Waals surface area contributed by atoms with Crippen LogP contribution in [0, 0.1) is 0 Å². The van der Waals surface area contributed by atoms with E-state index in [0.717, 1.165) is 0 Å². The first kappa shape index (κ1) is 10.3. The highest BCUT2D eigenvalue weighted by Crippen LogP contribution is 1.85. The van der Waals surface area contributed by atoms with Crippen molar-refractivity contribution in [3.63, 3.8) is 0 Å². The van der Waals surface area contributed by atoms with E-state index in [-0.39, 0.29) is 12.4 Å². The van der Waals surface area contributed by atoms with Crippen LogP contribution in [0.5, 0.6) is 0 Å². The molecule has 66 valence electrons. The van der Waals surface area contributed by atoms with Crippen molar-refractivity contribution in [1.82, 2.24) is 5.43 Å². The van der Waals surface area contributed by atoms with Crippen molar-refractivity contribution in [2.24, 2.45) is 5.10 Å². The number of hydrazone groups is 1. The molecule has 6 heteroatoms. The van der Waals surface area contributed by atoms with Gasteiger partial charge in [0.25, 0.3) is 0 Å². The molecule has 6 nitrogen and oxygen atoms in total. The quantitative estimate of drug-likeness (QED) is 0.172. The van der Waals surface area contributed by atoms with Crippen LogP contribution >= 0.6 is 0 Å². The Morgan fingerprint density at radius 1 is 1.36 bits per heavy atom. The van der Waals surface area contributed by atoms with E-state index in [2.05, 4.69) is 10.5 Å². The Hall–Kier alpha value is -0.690. The van der Waals surface area contributed by atoms with E-state index in [1.54, 1.807) is 0 Å². The Bertz CT molecular complexity index is 128. The molecule has 0 bridgehead atoms. The van der Waals surface area contributed by atoms with Crippen molar-refractivity contribution >= 4 is 5.71 Å². The number of nitrogens with one attached hydrogen (secondary N) is 1. The summed E-state index contributed by atoms with van der Waals surface area (Å²) < 4.78 is 0. The fourth-order valence-corrected chi connectivity index (χ4v) is 0.458. The minimum Gasteiger partial charge on any atom is -0.393 e. The molecule has 0 aromatic heterocycles. The number of hydrogen-bond acceptors (Lipinski definition) is 6. The molecule has 0 spiro atoms. The molecule has 0 heterocycles. The van der Waals surface area contributed by atoms with Crippen molar-refractivity contribution in [2.75, 3.05) is 19.9 Å². The summed E-state index contributed by atoms with van der Waals surface area (Å²) in [5, 5.41) is 37.4. The van der Waals surface area contributed by atoms with Crippen LogP contribution in [0.25, 0.3) is 0 Å². The number of hydrogen-bond donors (Lipinski definition) is 5. The third kappa shape index (κ3) is 3.89. The van der Waals surface area contributed by atoms with Gasteiger partial charge in [-0.25, -0.2) is 0 Å². The highest BCUT2D eigenvalue weighted by molar-refractivity contribution is 5.89. The Kier molecular flexibility index (Phi) is 5.67. The monoisotopic (exact) mass is 164 g/mol. The molecule has 1 atom stereocenters. The number of aliphatic hydroxyl groups excluding tert-OH is 4. The van der Waals surface area contributed by atoms with Crippen LogP contribution in [-0.4, -0.2) is 52.2 Å². The molecule has 0 aliphatic heterocycles. The highest BCUT2D eigenvalue weighted by atomic mass is 16.3. The average molecular weight is 164 g/mol. The molecule has 1 unspecified atom stereocenters. The lowest BCUT2D eigenvalue weighted by Crippen LogP contribution is -2.29. The molecule has 0 aliphatic carbocycles. The maximum atomic E-state index is 8.88. The predicted molar refractivity (Wildman–Crippen MR) is 37.8 cm³/mol. The standard InChI is InChI=1S/C5H12N2O4/c8-1-4(5(11)2-9)7-6-3-10/h5-6,8-11H,1-3H2. The molecule has 0 aromatic rings. The van der Waals surface area contributed by atoms with Gasteiger partial charge in [0, 0.05) is 0 Å². The topological polar surface area (TPSA) is 105 Å². The van der Waals surface area contributed by atoms with Gasteiger partial charge in [-0.05, 0) is 0 Å². The molecule has 0 fully saturated rings. The number of aliphatic hydroxyl groups is 4. The van der Waals surface area contributed by atoms with Crippen LogP contribution in [0.4, 0.5) is 0 Å². The van der Waals surface area contributed by atoms with E-state index in [1.165, 1.54) is 0 Å². The summed E-state index contributed by atoms with van der Waals surface area (Å²) in [6.07, 6.45) is -1.18. The molecule has 0 radical (unpaired) electrons. The first-order valence-electron chi connectivity index (χ1n) is 3.06. The first-order chi connectivity index (χ1) is 5.26. The Labute approximate surface area is 63.8 Å². The first-order valence-corrected chi connectivity index (χ1v) is 3.06. The molecule has 11 heavy (non-hydrogen) atoms. The van der Waals surface area contributed by atoms with Crippen LogP contribution in [-0.2, 0) is 0 Å². The molecule has 0 saturated heterocycles. The zero-order chi connectivity index (χ0) is 8.69. The van der Waals surface area contributed by atoms with Gasteiger partial charge in [0.2, 0.25) is 0 Å². The summed E-state index contributed by atoms with van der Waals surface area (Å²) in [5.74, 6) is 0. The highest BCUT2D eigenvalue weighted by Gasteiger charge is 2.09. The molecule has 0 aliphatic rings. The van der Waals surface area contributed by atoms with Gasteiger partial charge in [-0.3, -0.25) is 5.43 Å². The minimum atomic E-state index is -1.18. The number of nitrogens with zero attached hydrogens (tertiary/aromatic N) is 1. The lowest BCUT2D eigenvalue weighted by molar-refractivity contribution is 0.138.